The van der Waals surface area contributed by atoms with E-state index in [4.69, 9.17) is 4.42 Å². The number of Topliss-reactive ketones (excluding diaryl/α,β-unsaturated/α-hetero) is 1. The molecule has 2 saturated carbocycles. The molecule has 3 aliphatic rings. The number of carbonyl (C=O) groups excluding carboxylic acids is 1. The Morgan fingerprint density at radius 3 is 2.46 bits per heavy atom. The summed E-state index contributed by atoms with van der Waals surface area (Å²) < 4.78 is 58.3. The number of aromatic nitrogens is 1. The first kappa shape index (κ1) is 27.6. The standard InChI is InChI=1S/C31H31F2N3O4S/c1-41(38,39)22-16-36(17-22)21-9-6-19(7-10-21)28-29(40-30(35-28)25-11-8-20(32)14-26(25)33)24-5-3-2-4-23(24)27(37)15-31(18-34)12-13-31/h6-11,14,22-24H,2-5,12-13,15-17H2,1H3/t23-,24-/m1/s1. The molecule has 0 unspecified atom stereocenters. The van der Waals surface area contributed by atoms with E-state index in [-0.39, 0.29) is 40.7 Å². The fraction of sp³-hybridized carbons (Fsp3) is 0.452. The number of halogens is 2. The Morgan fingerprint density at radius 1 is 1.12 bits per heavy atom. The fourth-order valence-electron chi connectivity index (χ4n) is 6.09. The SMILES string of the molecule is CS(=O)(=O)C1CN(c2ccc(-c3nc(-c4ccc(F)cc4F)oc3[C@@H]3CCCC[C@H]3C(=O)CC3(C#N)CC3)cc2)C1. The van der Waals surface area contributed by atoms with E-state index in [0.717, 1.165) is 43.5 Å². The van der Waals surface area contributed by atoms with Crippen LogP contribution in [-0.4, -0.2) is 43.8 Å². The van der Waals surface area contributed by atoms with Gasteiger partial charge in [0.2, 0.25) is 5.89 Å². The minimum atomic E-state index is -3.09. The highest BCUT2D eigenvalue weighted by molar-refractivity contribution is 7.91. The first-order valence-corrected chi connectivity index (χ1v) is 16.0. The van der Waals surface area contributed by atoms with Crippen molar-refractivity contribution in [3.63, 3.8) is 0 Å². The molecule has 41 heavy (non-hydrogen) atoms. The van der Waals surface area contributed by atoms with E-state index >= 15 is 0 Å². The Bertz CT molecular complexity index is 1630. The van der Waals surface area contributed by atoms with Crippen molar-refractivity contribution >= 4 is 21.3 Å². The molecule has 2 aliphatic carbocycles. The number of anilines is 1. The number of carbonyl (C=O) groups is 1. The molecular formula is C31H31F2N3O4S. The van der Waals surface area contributed by atoms with Crippen molar-refractivity contribution in [1.29, 1.82) is 5.26 Å². The maximum atomic E-state index is 14.8. The van der Waals surface area contributed by atoms with Crippen LogP contribution in [0.1, 0.15) is 56.6 Å². The van der Waals surface area contributed by atoms with Crippen LogP contribution in [0.4, 0.5) is 14.5 Å². The average Bonchev–Trinajstić information content (AvgIpc) is 3.55. The number of nitriles is 1. The number of nitrogens with zero attached hydrogens (tertiary/aromatic N) is 3. The van der Waals surface area contributed by atoms with Gasteiger partial charge in [-0.05, 0) is 49.9 Å². The second-order valence-corrected chi connectivity index (χ2v) is 14.1. The summed E-state index contributed by atoms with van der Waals surface area (Å²) in [5, 5.41) is 9.19. The molecule has 0 radical (unpaired) electrons. The second-order valence-electron chi connectivity index (χ2n) is 11.8. The van der Waals surface area contributed by atoms with Gasteiger partial charge in [-0.3, -0.25) is 4.79 Å². The van der Waals surface area contributed by atoms with Crippen molar-refractivity contribution in [2.24, 2.45) is 11.3 Å². The maximum absolute atomic E-state index is 14.8. The van der Waals surface area contributed by atoms with Crippen molar-refractivity contribution < 1.29 is 26.4 Å². The fourth-order valence-corrected chi connectivity index (χ4v) is 6.99. The number of ketones is 1. The summed E-state index contributed by atoms with van der Waals surface area (Å²) in [5.74, 6) is -1.54. The topological polar surface area (TPSA) is 104 Å². The highest BCUT2D eigenvalue weighted by Crippen LogP contribution is 2.51. The third-order valence-corrected chi connectivity index (χ3v) is 10.4. The van der Waals surface area contributed by atoms with Gasteiger partial charge >= 0.3 is 0 Å². The predicted molar refractivity (Wildman–Crippen MR) is 150 cm³/mol. The van der Waals surface area contributed by atoms with Gasteiger partial charge in [0.15, 0.2) is 9.84 Å². The molecule has 214 valence electrons. The zero-order chi connectivity index (χ0) is 28.9. The van der Waals surface area contributed by atoms with Crippen LogP contribution in [-0.2, 0) is 14.6 Å². The molecule has 1 saturated heterocycles. The van der Waals surface area contributed by atoms with Crippen molar-refractivity contribution in [1.82, 2.24) is 4.98 Å². The van der Waals surface area contributed by atoms with E-state index in [9.17, 15) is 27.3 Å². The summed E-state index contributed by atoms with van der Waals surface area (Å²) in [6, 6.07) is 13.1. The highest BCUT2D eigenvalue weighted by atomic mass is 32.2. The van der Waals surface area contributed by atoms with E-state index in [1.54, 1.807) is 0 Å². The molecule has 0 amide bonds. The number of benzene rings is 2. The molecule has 1 aromatic heterocycles. The van der Waals surface area contributed by atoms with Gasteiger partial charge in [-0.1, -0.05) is 25.0 Å². The molecule has 0 N–H and O–H groups in total. The molecule has 2 atom stereocenters. The van der Waals surface area contributed by atoms with Crippen molar-refractivity contribution in [3.8, 4) is 28.8 Å². The van der Waals surface area contributed by atoms with E-state index < -0.39 is 26.9 Å². The van der Waals surface area contributed by atoms with Gasteiger partial charge in [0, 0.05) is 54.9 Å². The quantitative estimate of drug-likeness (QED) is 0.320. The molecule has 10 heteroatoms. The number of sulfone groups is 1. The Labute approximate surface area is 238 Å². The average molecular weight is 580 g/mol. The monoisotopic (exact) mass is 579 g/mol. The zero-order valence-electron chi connectivity index (χ0n) is 22.8. The largest absolute Gasteiger partial charge is 0.440 e. The van der Waals surface area contributed by atoms with E-state index in [1.807, 2.05) is 29.2 Å². The van der Waals surface area contributed by atoms with Gasteiger partial charge in [-0.2, -0.15) is 5.26 Å². The van der Waals surface area contributed by atoms with Gasteiger partial charge in [-0.15, -0.1) is 0 Å². The summed E-state index contributed by atoms with van der Waals surface area (Å²) in [5.41, 5.74) is 1.57. The number of oxazole rings is 1. The Morgan fingerprint density at radius 2 is 1.83 bits per heavy atom. The smallest absolute Gasteiger partial charge is 0.229 e. The van der Waals surface area contributed by atoms with Gasteiger partial charge in [0.25, 0.3) is 0 Å². The van der Waals surface area contributed by atoms with Crippen molar-refractivity contribution in [2.75, 3.05) is 24.2 Å². The predicted octanol–water partition coefficient (Wildman–Crippen LogP) is 6.06. The van der Waals surface area contributed by atoms with Crippen LogP contribution in [0.5, 0.6) is 0 Å². The summed E-state index contributed by atoms with van der Waals surface area (Å²) >= 11 is 0. The third-order valence-electron chi connectivity index (χ3n) is 8.89. The normalized spacial score (nSPS) is 22.1. The molecule has 7 nitrogen and oxygen atoms in total. The van der Waals surface area contributed by atoms with Gasteiger partial charge in [0.05, 0.1) is 22.3 Å². The molecule has 0 bridgehead atoms. The third kappa shape index (κ3) is 5.40. The highest BCUT2D eigenvalue weighted by Gasteiger charge is 2.47. The van der Waals surface area contributed by atoms with Crippen LogP contribution in [0.25, 0.3) is 22.7 Å². The molecule has 2 heterocycles. The van der Waals surface area contributed by atoms with Crippen LogP contribution < -0.4 is 4.90 Å². The Hall–Kier alpha value is -3.58. The van der Waals surface area contributed by atoms with Crippen LogP contribution in [0.3, 0.4) is 0 Å². The number of rotatable bonds is 8. The zero-order valence-corrected chi connectivity index (χ0v) is 23.6. The lowest BCUT2D eigenvalue weighted by Crippen LogP contribution is -2.54. The minimum absolute atomic E-state index is 0.0165. The maximum Gasteiger partial charge on any atom is 0.229 e. The van der Waals surface area contributed by atoms with E-state index in [2.05, 4.69) is 11.1 Å². The lowest BCUT2D eigenvalue weighted by Gasteiger charge is -2.39. The summed E-state index contributed by atoms with van der Waals surface area (Å²) in [4.78, 5) is 20.2. The first-order valence-electron chi connectivity index (χ1n) is 14.0. The lowest BCUT2D eigenvalue weighted by molar-refractivity contribution is -0.125. The first-order chi connectivity index (χ1) is 19.6. The van der Waals surface area contributed by atoms with E-state index in [0.29, 0.717) is 42.9 Å². The van der Waals surface area contributed by atoms with E-state index in [1.165, 1.54) is 12.3 Å². The van der Waals surface area contributed by atoms with Gasteiger partial charge in [-0.25, -0.2) is 22.2 Å². The van der Waals surface area contributed by atoms with Crippen LogP contribution >= 0.6 is 0 Å². The summed E-state index contributed by atoms with van der Waals surface area (Å²) in [6.07, 6.45) is 6.13. The Balaban J connectivity index is 1.35. The van der Waals surface area contributed by atoms with Crippen LogP contribution in [0.2, 0.25) is 0 Å². The molecule has 0 spiro atoms. The van der Waals surface area contributed by atoms with Gasteiger partial charge < -0.3 is 9.32 Å². The van der Waals surface area contributed by atoms with Gasteiger partial charge in [0.1, 0.15) is 28.9 Å². The molecular weight excluding hydrogens is 548 g/mol. The molecule has 2 aromatic carbocycles. The van der Waals surface area contributed by atoms with Crippen LogP contribution in [0.15, 0.2) is 46.9 Å². The lowest BCUT2D eigenvalue weighted by atomic mass is 9.73. The molecule has 3 fully saturated rings. The number of hydrogen-bond acceptors (Lipinski definition) is 7. The number of hydrogen-bond donors (Lipinski definition) is 0. The minimum Gasteiger partial charge on any atom is -0.440 e. The van der Waals surface area contributed by atoms with Crippen LogP contribution in [0, 0.1) is 34.3 Å². The Kier molecular flexibility index (Phi) is 6.97. The summed E-state index contributed by atoms with van der Waals surface area (Å²) in [6.45, 7) is 0.856. The van der Waals surface area contributed by atoms with Crippen molar-refractivity contribution in [2.45, 2.75) is 56.1 Å². The molecule has 1 aliphatic heterocycles. The van der Waals surface area contributed by atoms with Crippen molar-refractivity contribution in [3.05, 3.63) is 59.9 Å². The molecule has 3 aromatic rings. The molecule has 6 rings (SSSR count). The second kappa shape index (κ2) is 10.4. The summed E-state index contributed by atoms with van der Waals surface area (Å²) in [7, 11) is -3.09.